The van der Waals surface area contributed by atoms with Crippen molar-refractivity contribution < 1.29 is 14.3 Å². The molecule has 0 saturated carbocycles. The summed E-state index contributed by atoms with van der Waals surface area (Å²) in [7, 11) is 0. The molecule has 134 valence electrons. The molecular formula is C15H24N4O5. The molecule has 0 spiro atoms. The van der Waals surface area contributed by atoms with Gasteiger partial charge in [0.2, 0.25) is 0 Å². The minimum Gasteiger partial charge on any atom is -0.456 e. The average molecular weight is 340 g/mol. The predicted octanol–water partition coefficient (Wildman–Crippen LogP) is 0.225. The van der Waals surface area contributed by atoms with E-state index in [1.54, 1.807) is 0 Å². The average Bonchev–Trinajstić information content (AvgIpc) is 2.52. The topological polar surface area (TPSA) is 127 Å². The van der Waals surface area contributed by atoms with E-state index in [-0.39, 0.29) is 18.1 Å². The van der Waals surface area contributed by atoms with Gasteiger partial charge in [0.1, 0.15) is 5.82 Å². The molecule has 9 heteroatoms. The summed E-state index contributed by atoms with van der Waals surface area (Å²) in [5.74, 6) is -1.24. The lowest BCUT2D eigenvalue weighted by Gasteiger charge is -2.24. The number of rotatable bonds is 8. The second kappa shape index (κ2) is 8.90. The fourth-order valence-electron chi connectivity index (χ4n) is 2.20. The van der Waals surface area contributed by atoms with Gasteiger partial charge < -0.3 is 15.4 Å². The van der Waals surface area contributed by atoms with Crippen molar-refractivity contribution >= 4 is 23.4 Å². The van der Waals surface area contributed by atoms with E-state index in [0.717, 1.165) is 6.42 Å². The molecule has 0 saturated heterocycles. The molecule has 0 radical (unpaired) electrons. The van der Waals surface area contributed by atoms with Crippen LogP contribution in [-0.2, 0) is 20.9 Å². The number of nitrogens with zero attached hydrogens (tertiary/aromatic N) is 2. The second-order valence-electron chi connectivity index (χ2n) is 5.32. The van der Waals surface area contributed by atoms with E-state index in [1.807, 2.05) is 13.8 Å². The van der Waals surface area contributed by atoms with Crippen molar-refractivity contribution in [2.45, 2.75) is 46.6 Å². The van der Waals surface area contributed by atoms with Crippen molar-refractivity contribution in [2.24, 2.45) is 0 Å². The Morgan fingerprint density at radius 3 is 2.46 bits per heavy atom. The molecule has 1 amide bonds. The summed E-state index contributed by atoms with van der Waals surface area (Å²) in [4.78, 5) is 50.7. The number of ether oxygens (including phenoxy) is 1. The molecule has 1 aromatic rings. The van der Waals surface area contributed by atoms with E-state index in [2.05, 4.69) is 4.98 Å². The fraction of sp³-hybridized carbons (Fsp3) is 0.600. The molecule has 0 aliphatic rings. The van der Waals surface area contributed by atoms with Gasteiger partial charge in [-0.3, -0.25) is 23.9 Å². The molecule has 0 atom stereocenters. The number of H-pyrrole nitrogens is 1. The number of nitrogens with one attached hydrogen (secondary N) is 1. The highest BCUT2D eigenvalue weighted by Crippen LogP contribution is 2.18. The minimum absolute atomic E-state index is 0.0714. The lowest BCUT2D eigenvalue weighted by molar-refractivity contribution is -0.145. The van der Waals surface area contributed by atoms with Gasteiger partial charge in [0.05, 0.1) is 0 Å². The van der Waals surface area contributed by atoms with Crippen LogP contribution in [-0.4, -0.2) is 34.6 Å². The molecule has 1 aromatic heterocycles. The van der Waals surface area contributed by atoms with Crippen molar-refractivity contribution in [3.63, 3.8) is 0 Å². The third-order valence-corrected chi connectivity index (χ3v) is 3.37. The van der Waals surface area contributed by atoms with Crippen LogP contribution in [0.15, 0.2) is 9.59 Å². The number of aromatic amines is 1. The Hall–Kier alpha value is -2.58. The van der Waals surface area contributed by atoms with Crippen molar-refractivity contribution in [1.82, 2.24) is 9.55 Å². The van der Waals surface area contributed by atoms with Gasteiger partial charge in [0.25, 0.3) is 11.5 Å². The first kappa shape index (κ1) is 19.5. The van der Waals surface area contributed by atoms with Crippen LogP contribution in [0.4, 0.5) is 11.5 Å². The van der Waals surface area contributed by atoms with Gasteiger partial charge in [0, 0.05) is 20.0 Å². The van der Waals surface area contributed by atoms with Crippen LogP contribution in [0, 0.1) is 0 Å². The molecule has 0 unspecified atom stereocenters. The standard InChI is InChI=1S/C15H24N4O5/c1-4-6-8-18(11(21)9-24-10(3)20)12-13(16)19(7-5-2)15(23)17-14(12)22/h4-9,16H2,1-3H3,(H,17,22,23). The van der Waals surface area contributed by atoms with Crippen molar-refractivity contribution in [1.29, 1.82) is 0 Å². The SMILES string of the molecule is CCCCN(C(=O)COC(C)=O)c1c(N)n(CCC)c(=O)[nH]c1=O. The van der Waals surface area contributed by atoms with Gasteiger partial charge in [0.15, 0.2) is 12.3 Å². The summed E-state index contributed by atoms with van der Waals surface area (Å²) >= 11 is 0. The van der Waals surface area contributed by atoms with Gasteiger partial charge in [-0.1, -0.05) is 20.3 Å². The van der Waals surface area contributed by atoms with E-state index in [0.29, 0.717) is 19.4 Å². The summed E-state index contributed by atoms with van der Waals surface area (Å²) in [5.41, 5.74) is 4.53. The van der Waals surface area contributed by atoms with E-state index in [9.17, 15) is 19.2 Å². The summed E-state index contributed by atoms with van der Waals surface area (Å²) in [6, 6.07) is 0. The lowest BCUT2D eigenvalue weighted by atomic mass is 10.2. The van der Waals surface area contributed by atoms with Crippen LogP contribution in [0.1, 0.15) is 40.0 Å². The number of anilines is 2. The number of hydrogen-bond acceptors (Lipinski definition) is 6. The molecular weight excluding hydrogens is 316 g/mol. The second-order valence-corrected chi connectivity index (χ2v) is 5.32. The summed E-state index contributed by atoms with van der Waals surface area (Å²) in [5, 5.41) is 0. The number of nitrogen functional groups attached to an aromatic ring is 1. The highest BCUT2D eigenvalue weighted by molar-refractivity contribution is 5.97. The number of hydrogen-bond donors (Lipinski definition) is 2. The first-order valence-electron chi connectivity index (χ1n) is 7.89. The quantitative estimate of drug-likeness (QED) is 0.652. The smallest absolute Gasteiger partial charge is 0.330 e. The van der Waals surface area contributed by atoms with Crippen LogP contribution >= 0.6 is 0 Å². The van der Waals surface area contributed by atoms with E-state index < -0.39 is 29.7 Å². The Bertz CT molecular complexity index is 707. The summed E-state index contributed by atoms with van der Waals surface area (Å²) < 4.78 is 5.93. The monoisotopic (exact) mass is 340 g/mol. The zero-order valence-electron chi connectivity index (χ0n) is 14.3. The molecule has 3 N–H and O–H groups in total. The molecule has 1 rings (SSSR count). The normalized spacial score (nSPS) is 10.5. The van der Waals surface area contributed by atoms with E-state index in [1.165, 1.54) is 16.4 Å². The van der Waals surface area contributed by atoms with Gasteiger partial charge >= 0.3 is 11.7 Å². The molecule has 24 heavy (non-hydrogen) atoms. The fourth-order valence-corrected chi connectivity index (χ4v) is 2.20. The van der Waals surface area contributed by atoms with Gasteiger partial charge in [-0.25, -0.2) is 4.79 Å². The number of carbonyl (C=O) groups excluding carboxylic acids is 2. The van der Waals surface area contributed by atoms with Crippen LogP contribution < -0.4 is 21.9 Å². The highest BCUT2D eigenvalue weighted by Gasteiger charge is 2.24. The number of amides is 1. The van der Waals surface area contributed by atoms with Crippen molar-refractivity contribution in [3.05, 3.63) is 20.8 Å². The Morgan fingerprint density at radius 1 is 1.25 bits per heavy atom. The Kier molecular flexibility index (Phi) is 7.22. The first-order valence-corrected chi connectivity index (χ1v) is 7.89. The van der Waals surface area contributed by atoms with Gasteiger partial charge in [-0.05, 0) is 12.8 Å². The van der Waals surface area contributed by atoms with Crippen LogP contribution in [0.3, 0.4) is 0 Å². The Labute approximate surface area is 139 Å². The number of carbonyl (C=O) groups is 2. The molecule has 9 nitrogen and oxygen atoms in total. The number of unbranched alkanes of at least 4 members (excludes halogenated alkanes) is 1. The van der Waals surface area contributed by atoms with Gasteiger partial charge in [-0.2, -0.15) is 0 Å². The zero-order chi connectivity index (χ0) is 18.3. The molecule has 0 bridgehead atoms. The Morgan fingerprint density at radius 2 is 1.92 bits per heavy atom. The number of esters is 1. The van der Waals surface area contributed by atoms with Crippen LogP contribution in [0.25, 0.3) is 0 Å². The van der Waals surface area contributed by atoms with Crippen molar-refractivity contribution in [3.8, 4) is 0 Å². The third kappa shape index (κ3) is 4.71. The highest BCUT2D eigenvalue weighted by atomic mass is 16.5. The maximum atomic E-state index is 12.4. The van der Waals surface area contributed by atoms with E-state index >= 15 is 0 Å². The maximum absolute atomic E-state index is 12.4. The summed E-state index contributed by atoms with van der Waals surface area (Å²) in [6.07, 6.45) is 2.04. The molecule has 0 aliphatic heterocycles. The summed E-state index contributed by atoms with van der Waals surface area (Å²) in [6.45, 7) is 5.02. The van der Waals surface area contributed by atoms with Crippen molar-refractivity contribution in [2.75, 3.05) is 23.8 Å². The molecule has 0 aliphatic carbocycles. The molecule has 1 heterocycles. The predicted molar refractivity (Wildman–Crippen MR) is 89.9 cm³/mol. The molecule has 0 aromatic carbocycles. The van der Waals surface area contributed by atoms with Gasteiger partial charge in [-0.15, -0.1) is 0 Å². The first-order chi connectivity index (χ1) is 11.3. The largest absolute Gasteiger partial charge is 0.456 e. The zero-order valence-corrected chi connectivity index (χ0v) is 14.3. The minimum atomic E-state index is -0.739. The lowest BCUT2D eigenvalue weighted by Crippen LogP contribution is -2.43. The Balaban J connectivity index is 3.33. The molecule has 0 fully saturated rings. The van der Waals surface area contributed by atoms with Crippen LogP contribution in [0.2, 0.25) is 0 Å². The third-order valence-electron chi connectivity index (χ3n) is 3.37. The van der Waals surface area contributed by atoms with Crippen LogP contribution in [0.5, 0.6) is 0 Å². The maximum Gasteiger partial charge on any atom is 0.330 e. The van der Waals surface area contributed by atoms with E-state index in [4.69, 9.17) is 10.5 Å². The number of aromatic nitrogens is 2. The number of nitrogens with two attached hydrogens (primary N) is 1.